The number of hydrogen-bond donors (Lipinski definition) is 1. The van der Waals surface area contributed by atoms with Gasteiger partial charge < -0.3 is 9.15 Å². The van der Waals surface area contributed by atoms with E-state index in [4.69, 9.17) is 9.15 Å². The quantitative estimate of drug-likeness (QED) is 0.794. The molecule has 7 nitrogen and oxygen atoms in total. The molecule has 1 N–H and O–H groups in total. The number of fused-ring (bicyclic) bond motifs is 1. The Morgan fingerprint density at radius 3 is 2.86 bits per heavy atom. The summed E-state index contributed by atoms with van der Waals surface area (Å²) in [7, 11) is 0. The van der Waals surface area contributed by atoms with Gasteiger partial charge in [0.25, 0.3) is 5.91 Å². The molecule has 1 amide bonds. The molecule has 3 rings (SSSR count). The zero-order chi connectivity index (χ0) is 14.8. The number of carbonyl (C=O) groups is 1. The Labute approximate surface area is 120 Å². The molecule has 0 radical (unpaired) electrons. The Hall–Kier alpha value is -2.83. The number of nitrogens with one attached hydrogen (secondary N) is 1. The topological polar surface area (TPSA) is 82.2 Å². The molecular formula is C14H14N4O3. The molecule has 21 heavy (non-hydrogen) atoms. The van der Waals surface area contributed by atoms with Crippen molar-refractivity contribution in [2.75, 3.05) is 12.0 Å². The van der Waals surface area contributed by atoms with Gasteiger partial charge in [-0.15, -0.1) is 10.2 Å². The molecular weight excluding hydrogens is 272 g/mol. The normalized spacial score (nSPS) is 10.8. The summed E-state index contributed by atoms with van der Waals surface area (Å²) in [5.74, 6) is 0.952. The maximum atomic E-state index is 12.4. The SMILES string of the molecule is CCOc1ccc2oc(C)c(C(=O)Nn3cnnc3)c2c1. The van der Waals surface area contributed by atoms with Crippen molar-refractivity contribution in [2.45, 2.75) is 13.8 Å². The summed E-state index contributed by atoms with van der Waals surface area (Å²) in [5.41, 5.74) is 3.78. The van der Waals surface area contributed by atoms with Gasteiger partial charge in [-0.25, -0.2) is 4.68 Å². The smallest absolute Gasteiger partial charge is 0.274 e. The number of aromatic nitrogens is 3. The fraction of sp³-hybridized carbons (Fsp3) is 0.214. The van der Waals surface area contributed by atoms with E-state index in [1.807, 2.05) is 13.0 Å². The van der Waals surface area contributed by atoms with Crippen LogP contribution in [-0.2, 0) is 0 Å². The minimum absolute atomic E-state index is 0.292. The summed E-state index contributed by atoms with van der Waals surface area (Å²) in [6.07, 6.45) is 2.81. The Bertz CT molecular complexity index is 777. The first-order valence-electron chi connectivity index (χ1n) is 6.51. The molecule has 0 atom stereocenters. The lowest BCUT2D eigenvalue weighted by Crippen LogP contribution is -2.21. The second-order valence-electron chi connectivity index (χ2n) is 4.43. The highest BCUT2D eigenvalue weighted by molar-refractivity contribution is 6.10. The lowest BCUT2D eigenvalue weighted by atomic mass is 10.1. The maximum Gasteiger partial charge on any atom is 0.274 e. The number of ether oxygens (including phenoxy) is 1. The van der Waals surface area contributed by atoms with E-state index in [-0.39, 0.29) is 5.91 Å². The highest BCUT2D eigenvalue weighted by Crippen LogP contribution is 2.29. The molecule has 2 aromatic heterocycles. The maximum absolute atomic E-state index is 12.4. The van der Waals surface area contributed by atoms with E-state index in [0.29, 0.717) is 34.6 Å². The van der Waals surface area contributed by atoms with Crippen LogP contribution >= 0.6 is 0 Å². The molecule has 7 heteroatoms. The Kier molecular flexibility index (Phi) is 3.31. The lowest BCUT2D eigenvalue weighted by Gasteiger charge is -2.05. The van der Waals surface area contributed by atoms with E-state index >= 15 is 0 Å². The van der Waals surface area contributed by atoms with Crippen molar-refractivity contribution in [3.8, 4) is 5.75 Å². The summed E-state index contributed by atoms with van der Waals surface area (Å²) in [6, 6.07) is 5.41. The molecule has 2 heterocycles. The molecule has 0 saturated heterocycles. The zero-order valence-electron chi connectivity index (χ0n) is 11.7. The highest BCUT2D eigenvalue weighted by atomic mass is 16.5. The summed E-state index contributed by atoms with van der Waals surface area (Å²) >= 11 is 0. The molecule has 0 aliphatic carbocycles. The number of rotatable bonds is 4. The van der Waals surface area contributed by atoms with Gasteiger partial charge >= 0.3 is 0 Å². The van der Waals surface area contributed by atoms with Crippen molar-refractivity contribution in [1.29, 1.82) is 0 Å². The predicted octanol–water partition coefficient (Wildman–Crippen LogP) is 2.12. The Balaban J connectivity index is 2.01. The van der Waals surface area contributed by atoms with E-state index in [9.17, 15) is 4.79 Å². The van der Waals surface area contributed by atoms with Crippen molar-refractivity contribution in [2.24, 2.45) is 0 Å². The molecule has 0 fully saturated rings. The van der Waals surface area contributed by atoms with E-state index in [2.05, 4.69) is 15.6 Å². The van der Waals surface area contributed by atoms with Crippen LogP contribution in [0.25, 0.3) is 11.0 Å². The average Bonchev–Trinajstić information content (AvgIpc) is 3.05. The van der Waals surface area contributed by atoms with Crippen LogP contribution in [0.2, 0.25) is 0 Å². The van der Waals surface area contributed by atoms with E-state index in [1.54, 1.807) is 19.1 Å². The van der Waals surface area contributed by atoms with Crippen molar-refractivity contribution in [3.05, 3.63) is 42.2 Å². The number of benzene rings is 1. The van der Waals surface area contributed by atoms with Crippen molar-refractivity contribution < 1.29 is 13.9 Å². The number of carbonyl (C=O) groups excluding carboxylic acids is 1. The average molecular weight is 286 g/mol. The van der Waals surface area contributed by atoms with Gasteiger partial charge in [0.1, 0.15) is 29.7 Å². The zero-order valence-corrected chi connectivity index (χ0v) is 11.7. The molecule has 0 aliphatic rings. The molecule has 108 valence electrons. The molecule has 0 saturated carbocycles. The van der Waals surface area contributed by atoms with Gasteiger partial charge in [-0.3, -0.25) is 10.2 Å². The minimum atomic E-state index is -0.292. The van der Waals surface area contributed by atoms with E-state index in [0.717, 1.165) is 0 Å². The molecule has 3 aromatic rings. The van der Waals surface area contributed by atoms with Crippen LogP contribution in [0, 0.1) is 6.92 Å². The van der Waals surface area contributed by atoms with Crippen LogP contribution < -0.4 is 10.2 Å². The second kappa shape index (κ2) is 5.28. The Morgan fingerprint density at radius 2 is 2.14 bits per heavy atom. The molecule has 0 bridgehead atoms. The predicted molar refractivity (Wildman–Crippen MR) is 75.8 cm³/mol. The van der Waals surface area contributed by atoms with Gasteiger partial charge in [0, 0.05) is 5.39 Å². The number of nitrogens with zero attached hydrogens (tertiary/aromatic N) is 3. The lowest BCUT2D eigenvalue weighted by molar-refractivity contribution is 0.101. The first-order chi connectivity index (χ1) is 10.2. The summed E-state index contributed by atoms with van der Waals surface area (Å²) in [5, 5.41) is 7.98. The summed E-state index contributed by atoms with van der Waals surface area (Å²) in [6.45, 7) is 4.22. The summed E-state index contributed by atoms with van der Waals surface area (Å²) < 4.78 is 12.5. The fourth-order valence-electron chi connectivity index (χ4n) is 2.17. The van der Waals surface area contributed by atoms with Gasteiger partial charge in [-0.05, 0) is 32.0 Å². The van der Waals surface area contributed by atoms with Crippen LogP contribution in [0.1, 0.15) is 23.0 Å². The van der Waals surface area contributed by atoms with Crippen LogP contribution in [0.4, 0.5) is 0 Å². The van der Waals surface area contributed by atoms with Crippen LogP contribution in [0.3, 0.4) is 0 Å². The van der Waals surface area contributed by atoms with Crippen LogP contribution in [0.15, 0.2) is 35.3 Å². The monoisotopic (exact) mass is 286 g/mol. The van der Waals surface area contributed by atoms with Crippen molar-refractivity contribution >= 4 is 16.9 Å². The van der Waals surface area contributed by atoms with E-state index < -0.39 is 0 Å². The standard InChI is InChI=1S/C14H14N4O3/c1-3-20-10-4-5-12-11(6-10)13(9(2)21-12)14(19)17-18-7-15-16-8-18/h4-8H,3H2,1-2H3,(H,17,19). The van der Waals surface area contributed by atoms with Gasteiger partial charge in [0.05, 0.1) is 12.2 Å². The second-order valence-corrected chi connectivity index (χ2v) is 4.43. The number of amides is 1. The number of aryl methyl sites for hydroxylation is 1. The largest absolute Gasteiger partial charge is 0.494 e. The van der Waals surface area contributed by atoms with Gasteiger partial charge in [-0.2, -0.15) is 0 Å². The molecule has 0 aliphatic heterocycles. The molecule has 0 unspecified atom stereocenters. The number of furan rings is 1. The Morgan fingerprint density at radius 1 is 1.38 bits per heavy atom. The van der Waals surface area contributed by atoms with Gasteiger partial charge in [0.2, 0.25) is 0 Å². The fourth-order valence-corrected chi connectivity index (χ4v) is 2.17. The van der Waals surface area contributed by atoms with Gasteiger partial charge in [0.15, 0.2) is 0 Å². The third-order valence-electron chi connectivity index (χ3n) is 3.02. The first kappa shape index (κ1) is 13.2. The van der Waals surface area contributed by atoms with Gasteiger partial charge in [-0.1, -0.05) is 0 Å². The molecule has 0 spiro atoms. The molecule has 1 aromatic carbocycles. The van der Waals surface area contributed by atoms with E-state index in [1.165, 1.54) is 17.3 Å². The van der Waals surface area contributed by atoms with Crippen molar-refractivity contribution in [3.63, 3.8) is 0 Å². The minimum Gasteiger partial charge on any atom is -0.494 e. The third kappa shape index (κ3) is 2.45. The highest BCUT2D eigenvalue weighted by Gasteiger charge is 2.19. The van der Waals surface area contributed by atoms with Crippen LogP contribution in [0.5, 0.6) is 5.75 Å². The first-order valence-corrected chi connectivity index (χ1v) is 6.51. The number of hydrogen-bond acceptors (Lipinski definition) is 5. The van der Waals surface area contributed by atoms with Crippen molar-refractivity contribution in [1.82, 2.24) is 14.9 Å². The van der Waals surface area contributed by atoms with Crippen LogP contribution in [-0.4, -0.2) is 27.4 Å². The summed E-state index contributed by atoms with van der Waals surface area (Å²) in [4.78, 5) is 12.4. The third-order valence-corrected chi connectivity index (χ3v) is 3.02.